The third-order valence-corrected chi connectivity index (χ3v) is 4.69. The molecular formula is C24H25NO3. The first-order valence-corrected chi connectivity index (χ1v) is 9.48. The maximum Gasteiger partial charge on any atom is 0.338 e. The summed E-state index contributed by atoms with van der Waals surface area (Å²) in [6, 6.07) is 21.3. The van der Waals surface area contributed by atoms with E-state index in [2.05, 4.69) is 17.4 Å². The second-order valence-electron chi connectivity index (χ2n) is 6.63. The molecule has 0 bridgehead atoms. The molecule has 0 unspecified atom stereocenters. The predicted molar refractivity (Wildman–Crippen MR) is 112 cm³/mol. The van der Waals surface area contributed by atoms with Crippen molar-refractivity contribution in [3.8, 4) is 5.75 Å². The normalized spacial score (nSPS) is 10.5. The highest BCUT2D eigenvalue weighted by Gasteiger charge is 2.21. The van der Waals surface area contributed by atoms with Crippen molar-refractivity contribution in [1.82, 2.24) is 0 Å². The Balaban J connectivity index is 1.97. The molecule has 0 aliphatic rings. The molecule has 4 heteroatoms. The molecule has 0 aliphatic heterocycles. The first-order valence-electron chi connectivity index (χ1n) is 9.48. The van der Waals surface area contributed by atoms with Crippen LogP contribution in [0.2, 0.25) is 0 Å². The number of nitrogens with one attached hydrogen (secondary N) is 1. The molecule has 3 rings (SSSR count). The zero-order valence-corrected chi connectivity index (χ0v) is 16.2. The Bertz CT molecular complexity index is 937. The second kappa shape index (κ2) is 9.09. The SMILES string of the molecule is CCOC(=O)c1c(CCc2ccccc2)cc(O)c(Nc2ccccc2)c1C. The minimum absolute atomic E-state index is 0.123. The van der Waals surface area contributed by atoms with Crippen molar-refractivity contribution in [2.45, 2.75) is 26.7 Å². The van der Waals surface area contributed by atoms with Gasteiger partial charge >= 0.3 is 5.97 Å². The van der Waals surface area contributed by atoms with Crippen molar-refractivity contribution in [3.63, 3.8) is 0 Å². The molecule has 3 aromatic rings. The topological polar surface area (TPSA) is 58.6 Å². The zero-order chi connectivity index (χ0) is 19.9. The summed E-state index contributed by atoms with van der Waals surface area (Å²) < 4.78 is 5.30. The number of aryl methyl sites for hydroxylation is 2. The van der Waals surface area contributed by atoms with Crippen molar-refractivity contribution in [2.75, 3.05) is 11.9 Å². The van der Waals surface area contributed by atoms with E-state index in [1.807, 2.05) is 55.5 Å². The predicted octanol–water partition coefficient (Wildman–Crippen LogP) is 5.41. The number of ether oxygens (including phenoxy) is 1. The van der Waals surface area contributed by atoms with E-state index in [9.17, 15) is 9.90 Å². The highest BCUT2D eigenvalue weighted by atomic mass is 16.5. The molecule has 4 nitrogen and oxygen atoms in total. The van der Waals surface area contributed by atoms with Gasteiger partial charge in [-0.1, -0.05) is 48.5 Å². The number of phenolic OH excluding ortho intramolecular Hbond substituents is 1. The van der Waals surface area contributed by atoms with E-state index in [0.717, 1.165) is 17.7 Å². The summed E-state index contributed by atoms with van der Waals surface area (Å²) in [6.45, 7) is 3.93. The third kappa shape index (κ3) is 4.52. The summed E-state index contributed by atoms with van der Waals surface area (Å²) in [7, 11) is 0. The van der Waals surface area contributed by atoms with Crippen LogP contribution in [-0.2, 0) is 17.6 Å². The molecule has 0 aromatic heterocycles. The highest BCUT2D eigenvalue weighted by molar-refractivity contribution is 5.96. The van der Waals surface area contributed by atoms with E-state index < -0.39 is 0 Å². The van der Waals surface area contributed by atoms with Gasteiger partial charge in [-0.05, 0) is 61.6 Å². The van der Waals surface area contributed by atoms with Gasteiger partial charge in [0.25, 0.3) is 0 Å². The van der Waals surface area contributed by atoms with Gasteiger partial charge < -0.3 is 15.2 Å². The van der Waals surface area contributed by atoms with Crippen LogP contribution in [0.5, 0.6) is 5.75 Å². The molecule has 3 aromatic carbocycles. The van der Waals surface area contributed by atoms with Crippen LogP contribution >= 0.6 is 0 Å². The van der Waals surface area contributed by atoms with Crippen LogP contribution in [0.3, 0.4) is 0 Å². The summed E-state index contributed by atoms with van der Waals surface area (Å²) in [5, 5.41) is 13.9. The Labute approximate surface area is 165 Å². The highest BCUT2D eigenvalue weighted by Crippen LogP contribution is 2.35. The number of phenols is 1. The van der Waals surface area contributed by atoms with Gasteiger partial charge in [-0.3, -0.25) is 0 Å². The number of aromatic hydroxyl groups is 1. The van der Waals surface area contributed by atoms with E-state index in [4.69, 9.17) is 4.74 Å². The fraction of sp³-hybridized carbons (Fsp3) is 0.208. The van der Waals surface area contributed by atoms with Crippen LogP contribution in [0.15, 0.2) is 66.7 Å². The number of hydrogen-bond acceptors (Lipinski definition) is 4. The molecule has 0 heterocycles. The zero-order valence-electron chi connectivity index (χ0n) is 16.2. The molecule has 2 N–H and O–H groups in total. The van der Waals surface area contributed by atoms with Crippen molar-refractivity contribution in [2.24, 2.45) is 0 Å². The van der Waals surface area contributed by atoms with Gasteiger partial charge in [0.1, 0.15) is 5.75 Å². The lowest BCUT2D eigenvalue weighted by Gasteiger charge is -2.18. The molecule has 0 atom stereocenters. The van der Waals surface area contributed by atoms with E-state index in [0.29, 0.717) is 29.8 Å². The van der Waals surface area contributed by atoms with E-state index in [-0.39, 0.29) is 11.7 Å². The second-order valence-corrected chi connectivity index (χ2v) is 6.63. The molecule has 0 fully saturated rings. The van der Waals surface area contributed by atoms with Crippen molar-refractivity contribution in [1.29, 1.82) is 0 Å². The molecule has 28 heavy (non-hydrogen) atoms. The Morgan fingerprint density at radius 2 is 1.64 bits per heavy atom. The van der Waals surface area contributed by atoms with Crippen LogP contribution < -0.4 is 5.32 Å². The smallest absolute Gasteiger partial charge is 0.338 e. The lowest BCUT2D eigenvalue weighted by Crippen LogP contribution is -2.12. The Morgan fingerprint density at radius 1 is 1.00 bits per heavy atom. The number of para-hydroxylation sites is 1. The average Bonchev–Trinajstić information content (AvgIpc) is 2.71. The lowest BCUT2D eigenvalue weighted by atomic mass is 9.94. The first-order chi connectivity index (χ1) is 13.6. The Kier molecular flexibility index (Phi) is 6.33. The number of rotatable bonds is 7. The first kappa shape index (κ1) is 19.5. The van der Waals surface area contributed by atoms with Crippen molar-refractivity contribution >= 4 is 17.3 Å². The number of anilines is 2. The minimum Gasteiger partial charge on any atom is -0.506 e. The van der Waals surface area contributed by atoms with Crippen LogP contribution in [0, 0.1) is 6.92 Å². The Hall–Kier alpha value is -3.27. The van der Waals surface area contributed by atoms with E-state index in [1.54, 1.807) is 13.0 Å². The van der Waals surface area contributed by atoms with E-state index in [1.165, 1.54) is 5.56 Å². The number of esters is 1. The number of carbonyl (C=O) groups is 1. The quantitative estimate of drug-likeness (QED) is 0.428. The number of benzene rings is 3. The van der Waals surface area contributed by atoms with Gasteiger partial charge in [0, 0.05) is 5.69 Å². The molecule has 0 saturated heterocycles. The largest absolute Gasteiger partial charge is 0.506 e. The average molecular weight is 375 g/mol. The van der Waals surface area contributed by atoms with Crippen LogP contribution in [-0.4, -0.2) is 17.7 Å². The summed E-state index contributed by atoms with van der Waals surface area (Å²) in [4.78, 5) is 12.7. The monoisotopic (exact) mass is 375 g/mol. The summed E-state index contributed by atoms with van der Waals surface area (Å²) >= 11 is 0. The minimum atomic E-state index is -0.362. The van der Waals surface area contributed by atoms with Crippen LogP contribution in [0.25, 0.3) is 0 Å². The third-order valence-electron chi connectivity index (χ3n) is 4.69. The molecule has 0 spiro atoms. The van der Waals surface area contributed by atoms with E-state index >= 15 is 0 Å². The number of hydrogen-bond donors (Lipinski definition) is 2. The fourth-order valence-corrected chi connectivity index (χ4v) is 3.30. The standard InChI is InChI=1S/C24H25NO3/c1-3-28-24(27)22-17(2)23(25-20-12-8-5-9-13-20)21(26)16-19(22)15-14-18-10-6-4-7-11-18/h4-13,16,25-26H,3,14-15H2,1-2H3. The summed E-state index contributed by atoms with van der Waals surface area (Å²) in [6.07, 6.45) is 1.41. The maximum absolute atomic E-state index is 12.7. The van der Waals surface area contributed by atoms with Gasteiger partial charge in [-0.15, -0.1) is 0 Å². The maximum atomic E-state index is 12.7. The van der Waals surface area contributed by atoms with Gasteiger partial charge in [0.2, 0.25) is 0 Å². The molecule has 0 amide bonds. The van der Waals surface area contributed by atoms with Gasteiger partial charge in [-0.25, -0.2) is 4.79 Å². The van der Waals surface area contributed by atoms with Crippen molar-refractivity contribution in [3.05, 3.63) is 89.0 Å². The van der Waals surface area contributed by atoms with Gasteiger partial charge in [0.15, 0.2) is 0 Å². The van der Waals surface area contributed by atoms with Crippen LogP contribution in [0.1, 0.15) is 34.0 Å². The molecular weight excluding hydrogens is 350 g/mol. The summed E-state index contributed by atoms with van der Waals surface area (Å²) in [5.41, 5.74) is 4.54. The fourth-order valence-electron chi connectivity index (χ4n) is 3.30. The lowest BCUT2D eigenvalue weighted by molar-refractivity contribution is 0.0524. The van der Waals surface area contributed by atoms with Gasteiger partial charge in [-0.2, -0.15) is 0 Å². The van der Waals surface area contributed by atoms with Gasteiger partial charge in [0.05, 0.1) is 17.9 Å². The molecule has 144 valence electrons. The van der Waals surface area contributed by atoms with Crippen LogP contribution in [0.4, 0.5) is 11.4 Å². The Morgan fingerprint density at radius 3 is 2.29 bits per heavy atom. The summed E-state index contributed by atoms with van der Waals surface area (Å²) in [5.74, 6) is -0.239. The molecule has 0 aliphatic carbocycles. The number of carbonyl (C=O) groups excluding carboxylic acids is 1. The molecule has 0 saturated carbocycles. The molecule has 0 radical (unpaired) electrons. The van der Waals surface area contributed by atoms with Crippen molar-refractivity contribution < 1.29 is 14.6 Å².